The predicted octanol–water partition coefficient (Wildman–Crippen LogP) is 1.72. The fraction of sp³-hybridized carbons (Fsp3) is 0.167. The van der Waals surface area contributed by atoms with E-state index in [1.807, 2.05) is 24.3 Å². The molecule has 2 aromatic carbocycles. The van der Waals surface area contributed by atoms with Crippen molar-refractivity contribution < 1.29 is 18.0 Å². The van der Waals surface area contributed by atoms with Gasteiger partial charge in [-0.3, -0.25) is 9.59 Å². The van der Waals surface area contributed by atoms with Gasteiger partial charge in [-0.25, -0.2) is 13.4 Å². The van der Waals surface area contributed by atoms with Crippen molar-refractivity contribution in [2.75, 3.05) is 11.9 Å². The van der Waals surface area contributed by atoms with Gasteiger partial charge in [-0.05, 0) is 31.2 Å². The number of anilines is 1. The second-order valence-electron chi connectivity index (χ2n) is 5.91. The highest BCUT2D eigenvalue weighted by Gasteiger charge is 2.22. The maximum absolute atomic E-state index is 12.2. The molecule has 1 aromatic heterocycles. The molecule has 0 unspecified atom stereocenters. The molecule has 3 rings (SSSR count). The summed E-state index contributed by atoms with van der Waals surface area (Å²) in [6, 6.07) is 14.2. The molecule has 0 spiro atoms. The van der Waals surface area contributed by atoms with Crippen LogP contribution in [0.5, 0.6) is 0 Å². The fourth-order valence-electron chi connectivity index (χ4n) is 2.36. The monoisotopic (exact) mass is 418 g/mol. The van der Waals surface area contributed by atoms with Gasteiger partial charge < -0.3 is 10.6 Å². The Morgan fingerprint density at radius 1 is 1.07 bits per heavy atom. The van der Waals surface area contributed by atoms with Gasteiger partial charge in [0, 0.05) is 0 Å². The van der Waals surface area contributed by atoms with Crippen molar-refractivity contribution in [3.63, 3.8) is 0 Å². The predicted molar refractivity (Wildman–Crippen MR) is 107 cm³/mol. The molecule has 0 aliphatic carbocycles. The first-order chi connectivity index (χ1) is 13.3. The van der Waals surface area contributed by atoms with Crippen molar-refractivity contribution in [3.8, 4) is 0 Å². The highest BCUT2D eigenvalue weighted by Crippen LogP contribution is 2.25. The molecule has 3 N–H and O–H groups in total. The lowest BCUT2D eigenvalue weighted by molar-refractivity contribution is -0.125. The van der Waals surface area contributed by atoms with Crippen LogP contribution < -0.4 is 15.4 Å². The van der Waals surface area contributed by atoms with E-state index >= 15 is 0 Å². The van der Waals surface area contributed by atoms with Crippen LogP contribution in [0.2, 0.25) is 0 Å². The molecule has 0 bridgehead atoms. The van der Waals surface area contributed by atoms with Crippen molar-refractivity contribution in [1.82, 2.24) is 15.0 Å². The van der Waals surface area contributed by atoms with Gasteiger partial charge in [-0.2, -0.15) is 4.72 Å². The zero-order chi connectivity index (χ0) is 20.1. The summed E-state index contributed by atoms with van der Waals surface area (Å²) in [5.41, 5.74) is 0.774. The van der Waals surface area contributed by atoms with Gasteiger partial charge in [-0.1, -0.05) is 41.7 Å². The van der Waals surface area contributed by atoms with Gasteiger partial charge in [0.05, 0.1) is 27.7 Å². The first-order valence-electron chi connectivity index (χ1n) is 8.36. The smallest absolute Gasteiger partial charge is 0.245 e. The number of para-hydroxylation sites is 1. The van der Waals surface area contributed by atoms with Gasteiger partial charge in [0.1, 0.15) is 0 Å². The maximum Gasteiger partial charge on any atom is 0.245 e. The number of sulfonamides is 1. The number of rotatable bonds is 7. The van der Waals surface area contributed by atoms with E-state index in [2.05, 4.69) is 20.3 Å². The number of aromatic nitrogens is 1. The van der Waals surface area contributed by atoms with E-state index in [0.717, 1.165) is 10.2 Å². The lowest BCUT2D eigenvalue weighted by atomic mass is 10.3. The molecule has 1 heterocycles. The number of nitrogens with zero attached hydrogens (tertiary/aromatic N) is 1. The third-order valence-electron chi connectivity index (χ3n) is 3.74. The molecular formula is C18H18N4O4S2. The van der Waals surface area contributed by atoms with Crippen molar-refractivity contribution in [1.29, 1.82) is 0 Å². The van der Waals surface area contributed by atoms with Gasteiger partial charge in [0.15, 0.2) is 5.13 Å². The number of fused-ring (bicyclic) bond motifs is 1. The van der Waals surface area contributed by atoms with Crippen LogP contribution in [-0.4, -0.2) is 37.8 Å². The van der Waals surface area contributed by atoms with Crippen LogP contribution in [-0.2, 0) is 19.6 Å². The normalized spacial score (nSPS) is 12.5. The molecule has 0 radical (unpaired) electrons. The topological polar surface area (TPSA) is 117 Å². The zero-order valence-corrected chi connectivity index (χ0v) is 16.5. The molecule has 0 fully saturated rings. The quantitative estimate of drug-likeness (QED) is 0.540. The van der Waals surface area contributed by atoms with Crippen LogP contribution in [0.4, 0.5) is 5.13 Å². The summed E-state index contributed by atoms with van der Waals surface area (Å²) >= 11 is 1.32. The standard InChI is InChI=1S/C18H18N4O4S2/c1-12(22-28(25,26)13-7-3-2-4-8-13)17(24)19-11-16(23)21-18-20-14-9-5-6-10-15(14)27-18/h2-10,12,22H,11H2,1H3,(H,19,24)(H,20,21,23)/t12-/m0/s1. The summed E-state index contributed by atoms with van der Waals surface area (Å²) in [4.78, 5) is 28.5. The molecule has 0 saturated heterocycles. The minimum absolute atomic E-state index is 0.0585. The molecule has 0 saturated carbocycles. The fourth-order valence-corrected chi connectivity index (χ4v) is 4.47. The van der Waals surface area contributed by atoms with Crippen molar-refractivity contribution in [3.05, 3.63) is 54.6 Å². The van der Waals surface area contributed by atoms with E-state index in [0.29, 0.717) is 5.13 Å². The van der Waals surface area contributed by atoms with Crippen molar-refractivity contribution in [2.45, 2.75) is 17.9 Å². The third-order valence-corrected chi connectivity index (χ3v) is 6.25. The highest BCUT2D eigenvalue weighted by molar-refractivity contribution is 7.89. The molecule has 146 valence electrons. The van der Waals surface area contributed by atoms with E-state index < -0.39 is 27.9 Å². The Kier molecular flexibility index (Phi) is 6.02. The Bertz CT molecular complexity index is 1060. The van der Waals surface area contributed by atoms with Gasteiger partial charge in [-0.15, -0.1) is 0 Å². The molecule has 28 heavy (non-hydrogen) atoms. The molecule has 0 aliphatic rings. The van der Waals surface area contributed by atoms with Crippen LogP contribution in [0.25, 0.3) is 10.2 Å². The number of thiazole rings is 1. The van der Waals surface area contributed by atoms with Crippen LogP contribution in [0.3, 0.4) is 0 Å². The first-order valence-corrected chi connectivity index (χ1v) is 10.7. The number of carbonyl (C=O) groups is 2. The third kappa shape index (κ3) is 4.91. The molecule has 10 heteroatoms. The minimum atomic E-state index is -3.83. The van der Waals surface area contributed by atoms with E-state index in [1.165, 1.54) is 30.4 Å². The number of hydrogen-bond donors (Lipinski definition) is 3. The van der Waals surface area contributed by atoms with Crippen LogP contribution >= 0.6 is 11.3 Å². The zero-order valence-electron chi connectivity index (χ0n) is 14.9. The van der Waals surface area contributed by atoms with Crippen molar-refractivity contribution in [2.24, 2.45) is 0 Å². The largest absolute Gasteiger partial charge is 0.346 e. The van der Waals surface area contributed by atoms with E-state index in [1.54, 1.807) is 18.2 Å². The summed E-state index contributed by atoms with van der Waals surface area (Å²) in [5, 5.41) is 5.45. The summed E-state index contributed by atoms with van der Waals surface area (Å²) in [5.74, 6) is -1.07. The highest BCUT2D eigenvalue weighted by atomic mass is 32.2. The molecular weight excluding hydrogens is 400 g/mol. The van der Waals surface area contributed by atoms with Crippen LogP contribution in [0, 0.1) is 0 Å². The van der Waals surface area contributed by atoms with Crippen LogP contribution in [0.15, 0.2) is 59.5 Å². The minimum Gasteiger partial charge on any atom is -0.346 e. The number of amides is 2. The van der Waals surface area contributed by atoms with E-state index in [9.17, 15) is 18.0 Å². The lowest BCUT2D eigenvalue weighted by Crippen LogP contribution is -2.46. The molecule has 0 aliphatic heterocycles. The molecule has 3 aromatic rings. The first kappa shape index (κ1) is 19.9. The molecule has 1 atom stereocenters. The van der Waals surface area contributed by atoms with Gasteiger partial charge in [0.25, 0.3) is 0 Å². The second-order valence-corrected chi connectivity index (χ2v) is 8.65. The summed E-state index contributed by atoms with van der Waals surface area (Å²) in [6.07, 6.45) is 0. The van der Waals surface area contributed by atoms with E-state index in [4.69, 9.17) is 0 Å². The summed E-state index contributed by atoms with van der Waals surface area (Å²) < 4.78 is 27.7. The summed E-state index contributed by atoms with van der Waals surface area (Å²) in [7, 11) is -3.83. The molecule has 2 amide bonds. The molecule has 8 nitrogen and oxygen atoms in total. The number of hydrogen-bond acceptors (Lipinski definition) is 6. The Morgan fingerprint density at radius 2 is 1.75 bits per heavy atom. The average Bonchev–Trinajstić information content (AvgIpc) is 3.08. The Balaban J connectivity index is 1.52. The Hall–Kier alpha value is -2.82. The number of carbonyl (C=O) groups excluding carboxylic acids is 2. The number of benzene rings is 2. The average molecular weight is 419 g/mol. The Morgan fingerprint density at radius 3 is 2.46 bits per heavy atom. The van der Waals surface area contributed by atoms with Crippen molar-refractivity contribution >= 4 is 48.5 Å². The maximum atomic E-state index is 12.2. The van der Waals surface area contributed by atoms with Gasteiger partial charge >= 0.3 is 0 Å². The Labute approximate surface area is 166 Å². The van der Waals surface area contributed by atoms with E-state index in [-0.39, 0.29) is 11.4 Å². The van der Waals surface area contributed by atoms with Crippen LogP contribution in [0.1, 0.15) is 6.92 Å². The van der Waals surface area contributed by atoms with Gasteiger partial charge in [0.2, 0.25) is 21.8 Å². The number of nitrogens with one attached hydrogen (secondary N) is 3. The lowest BCUT2D eigenvalue weighted by Gasteiger charge is -2.14. The SMILES string of the molecule is C[C@H](NS(=O)(=O)c1ccccc1)C(=O)NCC(=O)Nc1nc2ccccc2s1. The second kappa shape index (κ2) is 8.46. The summed E-state index contributed by atoms with van der Waals surface area (Å²) in [6.45, 7) is 1.10.